The van der Waals surface area contributed by atoms with Crippen molar-refractivity contribution in [1.29, 1.82) is 0 Å². The first-order valence-corrected chi connectivity index (χ1v) is 13.0. The minimum absolute atomic E-state index is 0.0537. The number of hydrogen-bond donors (Lipinski definition) is 1. The van der Waals surface area contributed by atoms with Crippen LogP contribution < -0.4 is 5.32 Å². The molecule has 0 aliphatic rings. The predicted octanol–water partition coefficient (Wildman–Crippen LogP) is 6.35. The second-order valence-corrected chi connectivity index (χ2v) is 10.6. The molecule has 0 aromatic heterocycles. The first-order chi connectivity index (χ1) is 17.2. The van der Waals surface area contributed by atoms with E-state index in [2.05, 4.69) is 50.4 Å². The van der Waals surface area contributed by atoms with Crippen molar-refractivity contribution in [2.75, 3.05) is 6.54 Å². The molecule has 2 amide bonds. The van der Waals surface area contributed by atoms with E-state index in [1.807, 2.05) is 61.5 Å². The number of aryl methyl sites for hydroxylation is 1. The molecular formula is C31H37ClN2O2. The molecule has 3 rings (SSSR count). The smallest absolute Gasteiger partial charge is 0.243 e. The molecule has 3 aromatic rings. The maximum absolute atomic E-state index is 13.7. The van der Waals surface area contributed by atoms with Crippen molar-refractivity contribution in [1.82, 2.24) is 10.2 Å². The molecule has 0 fully saturated rings. The molecule has 4 nitrogen and oxygen atoms in total. The average Bonchev–Trinajstić information content (AvgIpc) is 2.85. The van der Waals surface area contributed by atoms with E-state index in [1.165, 1.54) is 5.56 Å². The maximum Gasteiger partial charge on any atom is 0.243 e. The van der Waals surface area contributed by atoms with Gasteiger partial charge in [-0.3, -0.25) is 9.59 Å². The highest BCUT2D eigenvalue weighted by Gasteiger charge is 2.30. The van der Waals surface area contributed by atoms with E-state index < -0.39 is 6.04 Å². The van der Waals surface area contributed by atoms with E-state index >= 15 is 0 Å². The fraction of sp³-hybridized carbons (Fsp3) is 0.355. The van der Waals surface area contributed by atoms with Gasteiger partial charge in [0.1, 0.15) is 6.04 Å². The van der Waals surface area contributed by atoms with Crippen LogP contribution in [0.25, 0.3) is 0 Å². The second-order valence-electron chi connectivity index (χ2n) is 10.2. The zero-order chi connectivity index (χ0) is 26.1. The third-order valence-electron chi connectivity index (χ3n) is 6.31. The number of carbonyl (C=O) groups is 2. The molecule has 0 unspecified atom stereocenters. The van der Waals surface area contributed by atoms with Crippen LogP contribution in [0.2, 0.25) is 5.02 Å². The van der Waals surface area contributed by atoms with Gasteiger partial charge in [-0.1, -0.05) is 99.1 Å². The van der Waals surface area contributed by atoms with Crippen molar-refractivity contribution in [3.63, 3.8) is 0 Å². The highest BCUT2D eigenvalue weighted by molar-refractivity contribution is 6.30. The third kappa shape index (κ3) is 7.96. The van der Waals surface area contributed by atoms with E-state index in [0.29, 0.717) is 37.4 Å². The van der Waals surface area contributed by atoms with E-state index in [0.717, 1.165) is 16.7 Å². The van der Waals surface area contributed by atoms with Gasteiger partial charge in [-0.2, -0.15) is 0 Å². The molecule has 0 heterocycles. The lowest BCUT2D eigenvalue weighted by Gasteiger charge is -2.31. The number of amides is 2. The van der Waals surface area contributed by atoms with Gasteiger partial charge in [0.25, 0.3) is 0 Å². The number of carbonyl (C=O) groups excluding carboxylic acids is 2. The molecule has 0 bridgehead atoms. The Bertz CT molecular complexity index is 1140. The number of nitrogens with one attached hydrogen (secondary N) is 1. The molecule has 5 heteroatoms. The predicted molar refractivity (Wildman–Crippen MR) is 148 cm³/mol. The largest absolute Gasteiger partial charge is 0.355 e. The van der Waals surface area contributed by atoms with E-state index in [1.54, 1.807) is 4.90 Å². The van der Waals surface area contributed by atoms with Crippen molar-refractivity contribution in [2.24, 2.45) is 0 Å². The van der Waals surface area contributed by atoms with Gasteiger partial charge in [-0.25, -0.2) is 0 Å². The SMILES string of the molecule is CCNC(=O)[C@H](Cc1ccccc1)N(Cc1cccc(Cl)c1)C(=O)CCc1ccc(C(C)(C)C)cc1. The fourth-order valence-corrected chi connectivity index (χ4v) is 4.46. The molecular weight excluding hydrogens is 468 g/mol. The summed E-state index contributed by atoms with van der Waals surface area (Å²) in [5.74, 6) is -0.201. The van der Waals surface area contributed by atoms with Gasteiger partial charge in [0, 0.05) is 31.0 Å². The Morgan fingerprint density at radius 2 is 1.56 bits per heavy atom. The molecule has 0 aliphatic heterocycles. The molecule has 0 aliphatic carbocycles. The van der Waals surface area contributed by atoms with Crippen LogP contribution in [-0.2, 0) is 34.4 Å². The lowest BCUT2D eigenvalue weighted by molar-refractivity contribution is -0.141. The van der Waals surface area contributed by atoms with Crippen molar-refractivity contribution in [2.45, 2.75) is 65.0 Å². The van der Waals surface area contributed by atoms with Gasteiger partial charge < -0.3 is 10.2 Å². The summed E-state index contributed by atoms with van der Waals surface area (Å²) < 4.78 is 0. The van der Waals surface area contributed by atoms with Crippen LogP contribution >= 0.6 is 11.6 Å². The number of rotatable bonds is 10. The number of nitrogens with zero attached hydrogens (tertiary/aromatic N) is 1. The lowest BCUT2D eigenvalue weighted by Crippen LogP contribution is -2.50. The summed E-state index contributed by atoms with van der Waals surface area (Å²) in [6, 6.07) is 25.2. The summed E-state index contributed by atoms with van der Waals surface area (Å²) in [6.07, 6.45) is 1.38. The van der Waals surface area contributed by atoms with Crippen LogP contribution in [0.4, 0.5) is 0 Å². The Hall–Kier alpha value is -3.11. The molecule has 190 valence electrons. The Morgan fingerprint density at radius 1 is 0.889 bits per heavy atom. The molecule has 0 saturated heterocycles. The average molecular weight is 505 g/mol. The number of halogens is 1. The van der Waals surface area contributed by atoms with E-state index in [-0.39, 0.29) is 17.2 Å². The lowest BCUT2D eigenvalue weighted by atomic mass is 9.86. The first kappa shape index (κ1) is 27.5. The molecule has 36 heavy (non-hydrogen) atoms. The van der Waals surface area contributed by atoms with Gasteiger partial charge in [0.05, 0.1) is 0 Å². The minimum Gasteiger partial charge on any atom is -0.355 e. The molecule has 0 spiro atoms. The normalized spacial score (nSPS) is 12.1. The Kier molecular flexibility index (Phi) is 9.72. The second kappa shape index (κ2) is 12.7. The van der Waals surface area contributed by atoms with Crippen LogP contribution in [0.5, 0.6) is 0 Å². The van der Waals surface area contributed by atoms with Gasteiger partial charge in [0.2, 0.25) is 11.8 Å². The van der Waals surface area contributed by atoms with Gasteiger partial charge in [-0.15, -0.1) is 0 Å². The van der Waals surface area contributed by atoms with Gasteiger partial charge in [0.15, 0.2) is 0 Å². The van der Waals surface area contributed by atoms with Crippen LogP contribution in [0.3, 0.4) is 0 Å². The molecule has 3 aromatic carbocycles. The van der Waals surface area contributed by atoms with Crippen LogP contribution in [0.15, 0.2) is 78.9 Å². The summed E-state index contributed by atoms with van der Waals surface area (Å²) in [7, 11) is 0. The molecule has 1 atom stereocenters. The maximum atomic E-state index is 13.7. The highest BCUT2D eigenvalue weighted by Crippen LogP contribution is 2.23. The minimum atomic E-state index is -0.623. The summed E-state index contributed by atoms with van der Waals surface area (Å²) >= 11 is 6.23. The van der Waals surface area contributed by atoms with E-state index in [4.69, 9.17) is 11.6 Å². The van der Waals surface area contributed by atoms with Crippen molar-refractivity contribution in [3.05, 3.63) is 106 Å². The van der Waals surface area contributed by atoms with Crippen molar-refractivity contribution >= 4 is 23.4 Å². The standard InChI is InChI=1S/C31H37ClN2O2/c1-5-33-30(36)28(21-24-10-7-6-8-11-24)34(22-25-12-9-13-27(32)20-25)29(35)19-16-23-14-17-26(18-15-23)31(2,3)4/h6-15,17-18,20,28H,5,16,19,21-22H2,1-4H3,(H,33,36)/t28-/m0/s1. The summed E-state index contributed by atoms with van der Waals surface area (Å²) in [6.45, 7) is 9.27. The van der Waals surface area contributed by atoms with Crippen LogP contribution in [-0.4, -0.2) is 29.3 Å². The molecule has 1 N–H and O–H groups in total. The fourth-order valence-electron chi connectivity index (χ4n) is 4.24. The molecule has 0 saturated carbocycles. The zero-order valence-corrected chi connectivity index (χ0v) is 22.5. The van der Waals surface area contributed by atoms with Crippen molar-refractivity contribution in [3.8, 4) is 0 Å². The number of likely N-dealkylation sites (N-methyl/N-ethyl adjacent to an activating group) is 1. The quantitative estimate of drug-likeness (QED) is 0.350. The third-order valence-corrected chi connectivity index (χ3v) is 6.55. The number of benzene rings is 3. The summed E-state index contributed by atoms with van der Waals surface area (Å²) in [4.78, 5) is 28.6. The summed E-state index contributed by atoms with van der Waals surface area (Å²) in [5.41, 5.74) is 4.36. The monoisotopic (exact) mass is 504 g/mol. The highest BCUT2D eigenvalue weighted by atomic mass is 35.5. The topological polar surface area (TPSA) is 49.4 Å². The zero-order valence-electron chi connectivity index (χ0n) is 21.8. The van der Waals surface area contributed by atoms with E-state index in [9.17, 15) is 9.59 Å². The number of hydrogen-bond acceptors (Lipinski definition) is 2. The Balaban J connectivity index is 1.86. The molecule has 0 radical (unpaired) electrons. The summed E-state index contributed by atoms with van der Waals surface area (Å²) in [5, 5.41) is 3.54. The Labute approximate surface area is 220 Å². The first-order valence-electron chi connectivity index (χ1n) is 12.6. The Morgan fingerprint density at radius 3 is 2.17 bits per heavy atom. The van der Waals surface area contributed by atoms with Crippen molar-refractivity contribution < 1.29 is 9.59 Å². The van der Waals surface area contributed by atoms with Gasteiger partial charge >= 0.3 is 0 Å². The van der Waals surface area contributed by atoms with Gasteiger partial charge in [-0.05, 0) is 53.1 Å². The van der Waals surface area contributed by atoms with Crippen LogP contribution in [0.1, 0.15) is 56.4 Å². The van der Waals surface area contributed by atoms with Crippen LogP contribution in [0, 0.1) is 0 Å².